The molecular weight excluding hydrogens is 196 g/mol. The number of hydrogen-bond donors (Lipinski definition) is 4. The number of aromatic nitrogens is 2. The summed E-state index contributed by atoms with van der Waals surface area (Å²) >= 11 is 3.67. The summed E-state index contributed by atoms with van der Waals surface area (Å²) in [5, 5.41) is 26.5. The summed E-state index contributed by atoms with van der Waals surface area (Å²) in [5.74, 6) is -2.33. The summed E-state index contributed by atoms with van der Waals surface area (Å²) < 4.78 is 0. The predicted molar refractivity (Wildman–Crippen MR) is 44.0 cm³/mol. The van der Waals surface area contributed by atoms with E-state index in [1.165, 1.54) is 0 Å². The Hall–Kier alpha value is -1.50. The minimum atomic E-state index is -1.19. The highest BCUT2D eigenvalue weighted by Crippen LogP contribution is 2.24. The molecule has 0 unspecified atom stereocenters. The summed E-state index contributed by atoms with van der Waals surface area (Å²) in [6.07, 6.45) is -0.536. The van der Waals surface area contributed by atoms with Crippen LogP contribution in [0.1, 0.15) is 5.56 Å². The predicted octanol–water partition coefficient (Wildman–Crippen LogP) is -0.196. The molecule has 0 saturated carbocycles. The summed E-state index contributed by atoms with van der Waals surface area (Å²) in [6.45, 7) is 0. The fraction of sp³-hybridized carbons (Fsp3) is 0.167. The van der Waals surface area contributed by atoms with Crippen LogP contribution < -0.4 is 0 Å². The first kappa shape index (κ1) is 9.59. The molecule has 0 aliphatic rings. The van der Waals surface area contributed by atoms with Gasteiger partial charge >= 0.3 is 5.97 Å². The lowest BCUT2D eigenvalue weighted by Crippen LogP contribution is -2.03. The molecule has 0 aliphatic heterocycles. The highest BCUT2D eigenvalue weighted by molar-refractivity contribution is 7.80. The van der Waals surface area contributed by atoms with Gasteiger partial charge in [0.2, 0.25) is 11.8 Å². The molecule has 3 N–H and O–H groups in total. The number of carboxylic acid groups (broad SMARTS) is 1. The molecule has 70 valence electrons. The van der Waals surface area contributed by atoms with E-state index in [0.29, 0.717) is 0 Å². The van der Waals surface area contributed by atoms with Crippen LogP contribution in [0.15, 0.2) is 5.16 Å². The van der Waals surface area contributed by atoms with E-state index in [4.69, 9.17) is 15.3 Å². The summed E-state index contributed by atoms with van der Waals surface area (Å²) in [5.41, 5.74) is -0.217. The van der Waals surface area contributed by atoms with Crippen molar-refractivity contribution in [2.24, 2.45) is 0 Å². The largest absolute Gasteiger partial charge is 0.493 e. The van der Waals surface area contributed by atoms with E-state index in [2.05, 4.69) is 22.6 Å². The van der Waals surface area contributed by atoms with Gasteiger partial charge in [-0.2, -0.15) is 9.97 Å². The first-order chi connectivity index (χ1) is 6.00. The van der Waals surface area contributed by atoms with Crippen LogP contribution in [0.2, 0.25) is 0 Å². The standard InChI is InChI=1S/C6H6N2O4S/c9-3(10)1-2-4(11)7-6(13)8-5(2)12/h1H2,(H,9,10)(H3,7,8,11,12,13). The Morgan fingerprint density at radius 3 is 2.15 bits per heavy atom. The van der Waals surface area contributed by atoms with Crippen LogP contribution in [0, 0.1) is 0 Å². The van der Waals surface area contributed by atoms with Gasteiger partial charge in [-0.15, -0.1) is 12.6 Å². The average molecular weight is 202 g/mol. The van der Waals surface area contributed by atoms with Crippen molar-refractivity contribution in [1.82, 2.24) is 9.97 Å². The highest BCUT2D eigenvalue weighted by Gasteiger charge is 2.14. The van der Waals surface area contributed by atoms with Crippen molar-refractivity contribution < 1.29 is 20.1 Å². The molecule has 0 saturated heterocycles. The quantitative estimate of drug-likeness (QED) is 0.391. The van der Waals surface area contributed by atoms with E-state index in [-0.39, 0.29) is 10.7 Å². The van der Waals surface area contributed by atoms with Crippen LogP contribution in [0.3, 0.4) is 0 Å². The smallest absolute Gasteiger partial charge is 0.308 e. The molecule has 0 bridgehead atoms. The Balaban J connectivity index is 3.13. The Labute approximate surface area is 78.3 Å². The fourth-order valence-electron chi connectivity index (χ4n) is 0.759. The lowest BCUT2D eigenvalue weighted by atomic mass is 10.2. The number of carbonyl (C=O) groups is 1. The van der Waals surface area contributed by atoms with Crippen LogP contribution in [0.25, 0.3) is 0 Å². The first-order valence-corrected chi connectivity index (χ1v) is 3.65. The first-order valence-electron chi connectivity index (χ1n) is 3.20. The van der Waals surface area contributed by atoms with Crippen molar-refractivity contribution in [3.8, 4) is 11.8 Å². The van der Waals surface area contributed by atoms with Gasteiger partial charge in [-0.25, -0.2) is 0 Å². The van der Waals surface area contributed by atoms with Gasteiger partial charge in [0.15, 0.2) is 5.16 Å². The molecular formula is C6H6N2O4S. The van der Waals surface area contributed by atoms with Gasteiger partial charge < -0.3 is 15.3 Å². The Morgan fingerprint density at radius 1 is 1.31 bits per heavy atom. The second-order valence-electron chi connectivity index (χ2n) is 2.22. The van der Waals surface area contributed by atoms with E-state index >= 15 is 0 Å². The minimum absolute atomic E-state index is 0.121. The third-order valence-electron chi connectivity index (χ3n) is 1.28. The fourth-order valence-corrected chi connectivity index (χ4v) is 0.948. The molecule has 1 heterocycles. The Bertz CT molecular complexity index is 331. The van der Waals surface area contributed by atoms with Crippen LogP contribution in [-0.2, 0) is 11.2 Å². The van der Waals surface area contributed by atoms with Crippen molar-refractivity contribution in [2.45, 2.75) is 11.6 Å². The number of thiol groups is 1. The molecule has 0 amide bonds. The van der Waals surface area contributed by atoms with E-state index < -0.39 is 24.2 Å². The monoisotopic (exact) mass is 202 g/mol. The van der Waals surface area contributed by atoms with Crippen LogP contribution in [0.5, 0.6) is 11.8 Å². The van der Waals surface area contributed by atoms with Gasteiger partial charge in [-0.3, -0.25) is 4.79 Å². The molecule has 1 rings (SSSR count). The molecule has 0 aromatic carbocycles. The third kappa shape index (κ3) is 2.22. The lowest BCUT2D eigenvalue weighted by Gasteiger charge is -2.02. The molecule has 0 atom stereocenters. The summed E-state index contributed by atoms with van der Waals surface area (Å²) in [4.78, 5) is 17.0. The van der Waals surface area contributed by atoms with Gasteiger partial charge in [-0.1, -0.05) is 0 Å². The maximum atomic E-state index is 10.3. The Morgan fingerprint density at radius 2 is 1.77 bits per heavy atom. The zero-order chi connectivity index (χ0) is 10.0. The molecule has 0 radical (unpaired) electrons. The molecule has 0 spiro atoms. The highest BCUT2D eigenvalue weighted by atomic mass is 32.1. The van der Waals surface area contributed by atoms with Gasteiger partial charge in [0.1, 0.15) is 0 Å². The van der Waals surface area contributed by atoms with Crippen LogP contribution >= 0.6 is 12.6 Å². The van der Waals surface area contributed by atoms with Crippen molar-refractivity contribution in [2.75, 3.05) is 0 Å². The number of rotatable bonds is 2. The van der Waals surface area contributed by atoms with Crippen molar-refractivity contribution in [1.29, 1.82) is 0 Å². The zero-order valence-corrected chi connectivity index (χ0v) is 7.19. The summed E-state index contributed by atoms with van der Waals surface area (Å²) in [6, 6.07) is 0. The maximum Gasteiger partial charge on any atom is 0.308 e. The van der Waals surface area contributed by atoms with E-state index in [9.17, 15) is 4.79 Å². The number of aromatic hydroxyl groups is 2. The zero-order valence-electron chi connectivity index (χ0n) is 6.30. The molecule has 1 aromatic heterocycles. The lowest BCUT2D eigenvalue weighted by molar-refractivity contribution is -0.136. The SMILES string of the molecule is O=C(O)Cc1c(O)nc(S)nc1O. The van der Waals surface area contributed by atoms with Crippen LogP contribution in [0.4, 0.5) is 0 Å². The van der Waals surface area contributed by atoms with E-state index in [1.54, 1.807) is 0 Å². The average Bonchev–Trinajstić information content (AvgIpc) is 1.96. The van der Waals surface area contributed by atoms with Gasteiger partial charge in [0.05, 0.1) is 12.0 Å². The number of aliphatic carboxylic acids is 1. The number of nitrogens with zero attached hydrogens (tertiary/aromatic N) is 2. The second-order valence-corrected chi connectivity index (χ2v) is 2.62. The van der Waals surface area contributed by atoms with Gasteiger partial charge in [0.25, 0.3) is 0 Å². The van der Waals surface area contributed by atoms with Crippen molar-refractivity contribution >= 4 is 18.6 Å². The number of carboxylic acids is 1. The molecule has 13 heavy (non-hydrogen) atoms. The molecule has 1 aromatic rings. The Kier molecular flexibility index (Phi) is 2.57. The topological polar surface area (TPSA) is 104 Å². The molecule has 0 aliphatic carbocycles. The molecule has 0 fully saturated rings. The molecule has 7 heteroatoms. The van der Waals surface area contributed by atoms with Crippen molar-refractivity contribution in [3.63, 3.8) is 0 Å². The third-order valence-corrected chi connectivity index (χ3v) is 1.48. The summed E-state index contributed by atoms with van der Waals surface area (Å²) in [7, 11) is 0. The van der Waals surface area contributed by atoms with Crippen molar-refractivity contribution in [3.05, 3.63) is 5.56 Å². The van der Waals surface area contributed by atoms with E-state index in [0.717, 1.165) is 0 Å². The van der Waals surface area contributed by atoms with Gasteiger partial charge in [0, 0.05) is 0 Å². The van der Waals surface area contributed by atoms with Crippen LogP contribution in [-0.4, -0.2) is 31.3 Å². The number of hydrogen-bond acceptors (Lipinski definition) is 6. The normalized spacial score (nSPS) is 9.92. The molecule has 6 nitrogen and oxygen atoms in total. The maximum absolute atomic E-state index is 10.3. The van der Waals surface area contributed by atoms with Gasteiger partial charge in [-0.05, 0) is 0 Å². The van der Waals surface area contributed by atoms with E-state index in [1.807, 2.05) is 0 Å². The second kappa shape index (κ2) is 3.48. The minimum Gasteiger partial charge on any atom is -0.493 e.